The predicted octanol–water partition coefficient (Wildman–Crippen LogP) is 3.41. The van der Waals surface area contributed by atoms with Crippen molar-refractivity contribution in [3.05, 3.63) is 47.5 Å². The van der Waals surface area contributed by atoms with Crippen LogP contribution in [0.15, 0.2) is 36.7 Å². The van der Waals surface area contributed by atoms with Crippen molar-refractivity contribution in [1.29, 1.82) is 0 Å². The molecule has 0 saturated heterocycles. The third-order valence-corrected chi connectivity index (χ3v) is 2.92. The minimum absolute atomic E-state index is 0.0911. The number of aromatic nitrogens is 2. The van der Waals surface area contributed by atoms with Gasteiger partial charge < -0.3 is 9.88 Å². The highest BCUT2D eigenvalue weighted by Gasteiger charge is 2.11. The summed E-state index contributed by atoms with van der Waals surface area (Å²) in [6.45, 7) is 7.24. The third-order valence-electron chi connectivity index (χ3n) is 2.63. The van der Waals surface area contributed by atoms with E-state index >= 15 is 0 Å². The van der Waals surface area contributed by atoms with Crippen LogP contribution in [0.25, 0.3) is 5.69 Å². The fourth-order valence-electron chi connectivity index (χ4n) is 1.71. The van der Waals surface area contributed by atoms with Gasteiger partial charge in [0.15, 0.2) is 5.15 Å². The van der Waals surface area contributed by atoms with E-state index in [2.05, 4.69) is 41.7 Å². The van der Waals surface area contributed by atoms with Gasteiger partial charge >= 0.3 is 0 Å². The van der Waals surface area contributed by atoms with Crippen LogP contribution in [0.5, 0.6) is 0 Å². The number of rotatable bonds is 3. The zero-order chi connectivity index (χ0) is 13.2. The molecule has 2 rings (SSSR count). The van der Waals surface area contributed by atoms with E-state index in [1.165, 1.54) is 5.69 Å². The van der Waals surface area contributed by atoms with Crippen molar-refractivity contribution in [3.63, 3.8) is 0 Å². The van der Waals surface area contributed by atoms with Crippen LogP contribution in [0.1, 0.15) is 26.5 Å². The first kappa shape index (κ1) is 13.1. The summed E-state index contributed by atoms with van der Waals surface area (Å²) < 4.78 is 2.06. The molecule has 0 aromatic carbocycles. The molecule has 0 saturated carbocycles. The van der Waals surface area contributed by atoms with E-state index in [4.69, 9.17) is 11.6 Å². The summed E-state index contributed by atoms with van der Waals surface area (Å²) in [4.78, 5) is 4.11. The number of nitrogens with zero attached hydrogens (tertiary/aromatic N) is 2. The Morgan fingerprint density at radius 2 is 2.06 bits per heavy atom. The summed E-state index contributed by atoms with van der Waals surface area (Å²) in [5, 5.41) is 3.99. The average molecular weight is 264 g/mol. The highest BCUT2D eigenvalue weighted by molar-refractivity contribution is 6.31. The number of halogens is 1. The van der Waals surface area contributed by atoms with Crippen molar-refractivity contribution in [3.8, 4) is 5.69 Å². The molecule has 3 nitrogen and oxygen atoms in total. The quantitative estimate of drug-likeness (QED) is 0.860. The summed E-state index contributed by atoms with van der Waals surface area (Å²) in [7, 11) is 0. The minimum Gasteiger partial charge on any atom is -0.317 e. The van der Waals surface area contributed by atoms with Crippen molar-refractivity contribution < 1.29 is 0 Å². The molecule has 0 unspecified atom stereocenters. The van der Waals surface area contributed by atoms with Gasteiger partial charge in [0.25, 0.3) is 0 Å². The van der Waals surface area contributed by atoms with Crippen molar-refractivity contribution in [2.45, 2.75) is 32.9 Å². The maximum Gasteiger partial charge on any atom is 0.152 e. The standard InChI is InChI=1S/C14H18ClN3/c1-14(2,3)17-10-11-6-5-9-18(11)12-7-4-8-16-13(12)15/h4-9,17H,10H2,1-3H3. The monoisotopic (exact) mass is 263 g/mol. The fourth-order valence-corrected chi connectivity index (χ4v) is 1.92. The Morgan fingerprint density at radius 1 is 1.28 bits per heavy atom. The van der Waals surface area contributed by atoms with Crippen molar-refractivity contribution in [1.82, 2.24) is 14.9 Å². The molecule has 1 N–H and O–H groups in total. The Bertz CT molecular complexity index is 526. The SMILES string of the molecule is CC(C)(C)NCc1cccn1-c1cccnc1Cl. The third kappa shape index (κ3) is 3.12. The molecule has 18 heavy (non-hydrogen) atoms. The molecule has 0 radical (unpaired) electrons. The molecule has 0 bridgehead atoms. The molecule has 0 amide bonds. The Kier molecular flexibility index (Phi) is 3.73. The Labute approximate surface area is 113 Å². The van der Waals surface area contributed by atoms with Crippen LogP contribution in [0.2, 0.25) is 5.15 Å². The summed E-state index contributed by atoms with van der Waals surface area (Å²) in [6, 6.07) is 7.96. The van der Waals surface area contributed by atoms with Gasteiger partial charge in [0.2, 0.25) is 0 Å². The maximum absolute atomic E-state index is 6.13. The number of pyridine rings is 1. The molecule has 0 aliphatic carbocycles. The summed E-state index contributed by atoms with van der Waals surface area (Å²) in [5.74, 6) is 0. The largest absolute Gasteiger partial charge is 0.317 e. The molecule has 0 spiro atoms. The number of hydrogen-bond donors (Lipinski definition) is 1. The van der Waals surface area contributed by atoms with Gasteiger partial charge in [0.05, 0.1) is 5.69 Å². The molecule has 0 aliphatic heterocycles. The molecule has 0 aliphatic rings. The van der Waals surface area contributed by atoms with E-state index in [0.717, 1.165) is 12.2 Å². The summed E-state index contributed by atoms with van der Waals surface area (Å²) in [5.41, 5.74) is 2.17. The fraction of sp³-hybridized carbons (Fsp3) is 0.357. The van der Waals surface area contributed by atoms with Gasteiger partial charge in [-0.25, -0.2) is 4.98 Å². The normalized spacial score (nSPS) is 11.8. The van der Waals surface area contributed by atoms with E-state index < -0.39 is 0 Å². The smallest absolute Gasteiger partial charge is 0.152 e. The van der Waals surface area contributed by atoms with E-state index in [1.807, 2.05) is 24.4 Å². The van der Waals surface area contributed by atoms with Crippen molar-refractivity contribution in [2.75, 3.05) is 0 Å². The zero-order valence-electron chi connectivity index (χ0n) is 10.9. The van der Waals surface area contributed by atoms with Gasteiger partial charge in [-0.2, -0.15) is 0 Å². The van der Waals surface area contributed by atoms with E-state index in [9.17, 15) is 0 Å². The predicted molar refractivity (Wildman–Crippen MR) is 75.2 cm³/mol. The zero-order valence-corrected chi connectivity index (χ0v) is 11.7. The molecule has 4 heteroatoms. The maximum atomic E-state index is 6.13. The second-order valence-electron chi connectivity index (χ2n) is 5.29. The van der Waals surface area contributed by atoms with Gasteiger partial charge in [-0.15, -0.1) is 0 Å². The van der Waals surface area contributed by atoms with Crippen molar-refractivity contribution >= 4 is 11.6 Å². The van der Waals surface area contributed by atoms with Crippen LogP contribution in [-0.4, -0.2) is 15.1 Å². The molecular formula is C14H18ClN3. The van der Waals surface area contributed by atoms with Crippen LogP contribution in [0.3, 0.4) is 0 Å². The molecular weight excluding hydrogens is 246 g/mol. The van der Waals surface area contributed by atoms with Gasteiger partial charge in [0.1, 0.15) is 0 Å². The first-order valence-corrected chi connectivity index (χ1v) is 6.37. The van der Waals surface area contributed by atoms with Gasteiger partial charge in [0, 0.05) is 30.2 Å². The topological polar surface area (TPSA) is 29.9 Å². The Balaban J connectivity index is 2.26. The molecule has 2 aromatic heterocycles. The van der Waals surface area contributed by atoms with Crippen LogP contribution in [0, 0.1) is 0 Å². The number of hydrogen-bond acceptors (Lipinski definition) is 2. The lowest BCUT2D eigenvalue weighted by Crippen LogP contribution is -2.35. The molecule has 96 valence electrons. The first-order chi connectivity index (χ1) is 8.47. The summed E-state index contributed by atoms with van der Waals surface area (Å²) >= 11 is 6.13. The molecule has 2 aromatic rings. The lowest BCUT2D eigenvalue weighted by atomic mass is 10.1. The van der Waals surface area contributed by atoms with Crippen LogP contribution in [0.4, 0.5) is 0 Å². The van der Waals surface area contributed by atoms with E-state index in [-0.39, 0.29) is 5.54 Å². The number of nitrogens with one attached hydrogen (secondary N) is 1. The van der Waals surface area contributed by atoms with Crippen LogP contribution >= 0.6 is 11.6 Å². The Morgan fingerprint density at radius 3 is 2.72 bits per heavy atom. The minimum atomic E-state index is 0.0911. The van der Waals surface area contributed by atoms with Crippen molar-refractivity contribution in [2.24, 2.45) is 0 Å². The molecule has 0 fully saturated rings. The van der Waals surface area contributed by atoms with E-state index in [1.54, 1.807) is 6.20 Å². The molecule has 0 atom stereocenters. The average Bonchev–Trinajstić information content (AvgIpc) is 2.74. The Hall–Kier alpha value is -1.32. The van der Waals surface area contributed by atoms with Crippen LogP contribution < -0.4 is 5.32 Å². The highest BCUT2D eigenvalue weighted by atomic mass is 35.5. The van der Waals surface area contributed by atoms with E-state index in [0.29, 0.717) is 5.15 Å². The molecule has 2 heterocycles. The van der Waals surface area contributed by atoms with Gasteiger partial charge in [-0.3, -0.25) is 0 Å². The van der Waals surface area contributed by atoms with Crippen LogP contribution in [-0.2, 0) is 6.54 Å². The van der Waals surface area contributed by atoms with Gasteiger partial charge in [-0.1, -0.05) is 11.6 Å². The highest BCUT2D eigenvalue weighted by Crippen LogP contribution is 2.19. The second kappa shape index (κ2) is 5.12. The lowest BCUT2D eigenvalue weighted by molar-refractivity contribution is 0.420. The lowest BCUT2D eigenvalue weighted by Gasteiger charge is -2.21. The van der Waals surface area contributed by atoms with Gasteiger partial charge in [-0.05, 0) is 45.0 Å². The first-order valence-electron chi connectivity index (χ1n) is 5.99. The summed E-state index contributed by atoms with van der Waals surface area (Å²) in [6.07, 6.45) is 3.70. The second-order valence-corrected chi connectivity index (χ2v) is 5.64.